The molecule has 0 aliphatic rings. The standard InChI is InChI=1S/C10H19NS2/c1-6-11(13-5)8-7-9(2)10(3)12-4/h6-10H,1H2,2-5H3/b8-7-. The molecule has 2 unspecified atom stereocenters. The van der Waals surface area contributed by atoms with Crippen molar-refractivity contribution in [3.63, 3.8) is 0 Å². The van der Waals surface area contributed by atoms with Gasteiger partial charge in [-0.15, -0.1) is 0 Å². The fourth-order valence-corrected chi connectivity index (χ4v) is 1.65. The first-order valence-electron chi connectivity index (χ1n) is 4.31. The molecule has 0 aromatic carbocycles. The van der Waals surface area contributed by atoms with Gasteiger partial charge in [0, 0.05) is 23.9 Å². The van der Waals surface area contributed by atoms with E-state index in [0.717, 1.165) is 0 Å². The zero-order valence-corrected chi connectivity index (χ0v) is 10.5. The van der Waals surface area contributed by atoms with Gasteiger partial charge in [-0.05, 0) is 24.1 Å². The highest BCUT2D eigenvalue weighted by atomic mass is 32.2. The van der Waals surface area contributed by atoms with Gasteiger partial charge in [-0.25, -0.2) is 0 Å². The van der Waals surface area contributed by atoms with E-state index in [2.05, 4.69) is 39.0 Å². The monoisotopic (exact) mass is 217 g/mol. The molecule has 0 fully saturated rings. The molecular weight excluding hydrogens is 198 g/mol. The Kier molecular flexibility index (Phi) is 7.38. The fourth-order valence-electron chi connectivity index (χ4n) is 0.788. The Bertz CT molecular complexity index is 168. The van der Waals surface area contributed by atoms with Crippen molar-refractivity contribution in [2.75, 3.05) is 12.5 Å². The van der Waals surface area contributed by atoms with E-state index in [1.807, 2.05) is 28.5 Å². The molecule has 0 radical (unpaired) electrons. The predicted molar refractivity (Wildman–Crippen MR) is 66.8 cm³/mol. The van der Waals surface area contributed by atoms with Crippen molar-refractivity contribution in [3.8, 4) is 0 Å². The molecule has 2 atom stereocenters. The summed E-state index contributed by atoms with van der Waals surface area (Å²) in [7, 11) is 0. The topological polar surface area (TPSA) is 3.24 Å². The summed E-state index contributed by atoms with van der Waals surface area (Å²) < 4.78 is 2.00. The van der Waals surface area contributed by atoms with E-state index in [4.69, 9.17) is 0 Å². The van der Waals surface area contributed by atoms with Crippen LogP contribution in [0.4, 0.5) is 0 Å². The van der Waals surface area contributed by atoms with E-state index in [1.54, 1.807) is 11.9 Å². The molecule has 0 aromatic rings. The molecule has 0 spiro atoms. The predicted octanol–water partition coefficient (Wildman–Crippen LogP) is 3.61. The number of thioether (sulfide) groups is 1. The van der Waals surface area contributed by atoms with Crippen molar-refractivity contribution in [3.05, 3.63) is 25.1 Å². The summed E-state index contributed by atoms with van der Waals surface area (Å²) in [6.07, 6.45) is 10.3. The molecule has 1 nitrogen and oxygen atoms in total. The highest BCUT2D eigenvalue weighted by Crippen LogP contribution is 2.18. The van der Waals surface area contributed by atoms with Crippen LogP contribution >= 0.6 is 23.7 Å². The van der Waals surface area contributed by atoms with Crippen molar-refractivity contribution >= 4 is 23.7 Å². The largest absolute Gasteiger partial charge is 0.300 e. The fraction of sp³-hybridized carbons (Fsp3) is 0.600. The molecule has 0 N–H and O–H groups in total. The molecule has 0 saturated heterocycles. The van der Waals surface area contributed by atoms with Crippen LogP contribution in [-0.4, -0.2) is 22.1 Å². The smallest absolute Gasteiger partial charge is 0.0119 e. The third kappa shape index (κ3) is 5.32. The van der Waals surface area contributed by atoms with Crippen molar-refractivity contribution < 1.29 is 0 Å². The summed E-state index contributed by atoms with van der Waals surface area (Å²) in [5.74, 6) is 0.601. The highest BCUT2D eigenvalue weighted by molar-refractivity contribution is 7.99. The molecule has 0 aliphatic heterocycles. The average Bonchev–Trinajstić information content (AvgIpc) is 2.17. The van der Waals surface area contributed by atoms with Gasteiger partial charge in [0.15, 0.2) is 0 Å². The second-order valence-corrected chi connectivity index (χ2v) is 4.87. The number of hydrogen-bond acceptors (Lipinski definition) is 3. The third-order valence-corrected chi connectivity index (χ3v) is 3.90. The molecule has 0 rings (SSSR count). The molecule has 0 saturated carbocycles. The molecule has 0 heterocycles. The highest BCUT2D eigenvalue weighted by Gasteiger charge is 2.06. The maximum absolute atomic E-state index is 3.72. The molecule has 0 amide bonds. The van der Waals surface area contributed by atoms with Crippen molar-refractivity contribution in [2.45, 2.75) is 19.1 Å². The van der Waals surface area contributed by atoms with E-state index < -0.39 is 0 Å². The van der Waals surface area contributed by atoms with Crippen LogP contribution in [0.15, 0.2) is 25.1 Å². The van der Waals surface area contributed by atoms with E-state index in [1.165, 1.54) is 0 Å². The van der Waals surface area contributed by atoms with Gasteiger partial charge in [0.05, 0.1) is 0 Å². The minimum atomic E-state index is 0.601. The summed E-state index contributed by atoms with van der Waals surface area (Å²) in [5, 5.41) is 0.671. The molecule has 0 aliphatic carbocycles. The van der Waals surface area contributed by atoms with Crippen molar-refractivity contribution in [2.24, 2.45) is 5.92 Å². The van der Waals surface area contributed by atoms with E-state index >= 15 is 0 Å². The summed E-state index contributed by atoms with van der Waals surface area (Å²) in [5.41, 5.74) is 0. The van der Waals surface area contributed by atoms with Crippen LogP contribution in [0.3, 0.4) is 0 Å². The minimum absolute atomic E-state index is 0.601. The third-order valence-electron chi connectivity index (χ3n) is 2.04. The first-order chi connectivity index (χ1) is 6.15. The molecule has 3 heteroatoms. The van der Waals surface area contributed by atoms with Crippen LogP contribution in [0.25, 0.3) is 0 Å². The van der Waals surface area contributed by atoms with E-state index in [9.17, 15) is 0 Å². The number of hydrogen-bond donors (Lipinski definition) is 0. The number of nitrogens with zero attached hydrogens (tertiary/aromatic N) is 1. The molecule has 0 aromatic heterocycles. The average molecular weight is 217 g/mol. The zero-order valence-electron chi connectivity index (χ0n) is 8.86. The van der Waals surface area contributed by atoms with Crippen LogP contribution < -0.4 is 0 Å². The number of allylic oxidation sites excluding steroid dienone is 1. The second kappa shape index (κ2) is 7.39. The Morgan fingerprint density at radius 2 is 1.92 bits per heavy atom. The maximum atomic E-state index is 3.72. The Hall–Kier alpha value is -0.0200. The zero-order chi connectivity index (χ0) is 10.3. The molecule has 0 bridgehead atoms. The lowest BCUT2D eigenvalue weighted by Crippen LogP contribution is -2.07. The SMILES string of the molecule is C=CN(/C=C\C(C)C(C)SC)SC. The van der Waals surface area contributed by atoms with Crippen LogP contribution in [0.2, 0.25) is 0 Å². The van der Waals surface area contributed by atoms with E-state index in [0.29, 0.717) is 11.2 Å². The summed E-state index contributed by atoms with van der Waals surface area (Å²) in [6, 6.07) is 0. The van der Waals surface area contributed by atoms with Crippen LogP contribution in [0.1, 0.15) is 13.8 Å². The molecule has 13 heavy (non-hydrogen) atoms. The van der Waals surface area contributed by atoms with Crippen LogP contribution in [0, 0.1) is 5.92 Å². The van der Waals surface area contributed by atoms with Crippen LogP contribution in [0.5, 0.6) is 0 Å². The van der Waals surface area contributed by atoms with Gasteiger partial charge in [0.25, 0.3) is 0 Å². The second-order valence-electron chi connectivity index (χ2n) is 2.87. The molecule has 76 valence electrons. The van der Waals surface area contributed by atoms with Crippen LogP contribution in [-0.2, 0) is 0 Å². The van der Waals surface area contributed by atoms with Gasteiger partial charge in [-0.1, -0.05) is 26.5 Å². The summed E-state index contributed by atoms with van der Waals surface area (Å²) >= 11 is 3.55. The number of rotatable bonds is 6. The van der Waals surface area contributed by atoms with Gasteiger partial charge >= 0.3 is 0 Å². The van der Waals surface area contributed by atoms with Gasteiger partial charge in [0.1, 0.15) is 0 Å². The van der Waals surface area contributed by atoms with Crippen molar-refractivity contribution in [1.82, 2.24) is 4.31 Å². The van der Waals surface area contributed by atoms with Gasteiger partial charge in [-0.3, -0.25) is 0 Å². The van der Waals surface area contributed by atoms with E-state index in [-0.39, 0.29) is 0 Å². The maximum Gasteiger partial charge on any atom is 0.0119 e. The Labute approximate surface area is 90.8 Å². The normalized spacial score (nSPS) is 15.7. The minimum Gasteiger partial charge on any atom is -0.300 e. The lowest BCUT2D eigenvalue weighted by molar-refractivity contribution is 0.701. The molecular formula is C10H19NS2. The van der Waals surface area contributed by atoms with Crippen molar-refractivity contribution in [1.29, 1.82) is 0 Å². The Morgan fingerprint density at radius 3 is 2.31 bits per heavy atom. The summed E-state index contributed by atoms with van der Waals surface area (Å²) in [4.78, 5) is 0. The lowest BCUT2D eigenvalue weighted by atomic mass is 10.1. The first kappa shape index (κ1) is 13.0. The first-order valence-corrected chi connectivity index (χ1v) is 6.78. The van der Waals surface area contributed by atoms with Gasteiger partial charge in [0.2, 0.25) is 0 Å². The lowest BCUT2D eigenvalue weighted by Gasteiger charge is -2.15. The quantitative estimate of drug-likeness (QED) is 0.626. The summed E-state index contributed by atoms with van der Waals surface area (Å²) in [6.45, 7) is 8.21. The van der Waals surface area contributed by atoms with Gasteiger partial charge in [-0.2, -0.15) is 11.8 Å². The Balaban J connectivity index is 4.00. The Morgan fingerprint density at radius 1 is 1.31 bits per heavy atom. The van der Waals surface area contributed by atoms with Gasteiger partial charge < -0.3 is 4.31 Å².